The van der Waals surface area contributed by atoms with Crippen molar-refractivity contribution >= 4 is 17.4 Å². The highest BCUT2D eigenvalue weighted by molar-refractivity contribution is 6.30. The van der Waals surface area contributed by atoms with Crippen LogP contribution in [-0.4, -0.2) is 45.7 Å². The average Bonchev–Trinajstić information content (AvgIpc) is 3.02. The molecule has 2 aromatic carbocycles. The first-order valence-corrected chi connectivity index (χ1v) is 11.1. The van der Waals surface area contributed by atoms with Gasteiger partial charge < -0.3 is 4.90 Å². The van der Waals surface area contributed by atoms with Gasteiger partial charge in [0.25, 0.3) is 0 Å². The number of likely N-dealkylation sites (N-methyl/N-ethyl adjacent to an activating group) is 1. The molecule has 1 heterocycles. The number of rotatable bonds is 9. The number of hydrogen-bond donors (Lipinski definition) is 0. The fourth-order valence-corrected chi connectivity index (χ4v) is 3.87. The molecule has 0 atom stereocenters. The smallest absolute Gasteiger partial charge is 0.308 e. The average molecular weight is 455 g/mol. The molecule has 7 heteroatoms. The number of hydrogen-bond acceptors (Lipinski definition) is 4. The summed E-state index contributed by atoms with van der Waals surface area (Å²) in [6.45, 7) is 7.26. The first-order chi connectivity index (χ1) is 15.1. The lowest BCUT2D eigenvalue weighted by molar-refractivity contribution is -0.120. The fourth-order valence-electron chi connectivity index (χ4n) is 3.74. The molecule has 1 aromatic heterocycles. The predicted octanol–water partition coefficient (Wildman–Crippen LogP) is 4.17. The number of nitrogens with zero attached hydrogens (tertiary/aromatic N) is 4. The third-order valence-electron chi connectivity index (χ3n) is 5.56. The zero-order valence-electron chi connectivity index (χ0n) is 19.4. The van der Waals surface area contributed by atoms with Crippen LogP contribution >= 0.6 is 11.6 Å². The molecule has 0 radical (unpaired) electrons. The Morgan fingerprint density at radius 1 is 1.12 bits per heavy atom. The van der Waals surface area contributed by atoms with E-state index in [0.717, 1.165) is 16.7 Å². The molecule has 6 nitrogen and oxygen atoms in total. The number of Topliss-reactive ketones (excluding diaryl/α,β-unsaturated/α-hetero) is 1. The summed E-state index contributed by atoms with van der Waals surface area (Å²) < 4.78 is 2.91. The van der Waals surface area contributed by atoms with Crippen LogP contribution in [0, 0.1) is 6.92 Å². The van der Waals surface area contributed by atoms with E-state index in [1.807, 2.05) is 56.3 Å². The Hall–Kier alpha value is -2.70. The summed E-state index contributed by atoms with van der Waals surface area (Å²) in [6.07, 6.45) is 0.323. The Morgan fingerprint density at radius 2 is 1.81 bits per heavy atom. The number of halogens is 1. The van der Waals surface area contributed by atoms with Gasteiger partial charge in [-0.25, -0.2) is 9.48 Å². The van der Waals surface area contributed by atoms with Crippen molar-refractivity contribution in [1.29, 1.82) is 0 Å². The monoisotopic (exact) mass is 454 g/mol. The molecule has 170 valence electrons. The minimum absolute atomic E-state index is 0.0291. The molecule has 0 aliphatic carbocycles. The predicted molar refractivity (Wildman–Crippen MR) is 129 cm³/mol. The summed E-state index contributed by atoms with van der Waals surface area (Å²) in [5.74, 6) is 0.512. The Bertz CT molecular complexity index is 1140. The fraction of sp³-hybridized carbons (Fsp3) is 0.400. The Labute approximate surface area is 194 Å². The highest BCUT2D eigenvalue weighted by atomic mass is 35.5. The van der Waals surface area contributed by atoms with Crippen molar-refractivity contribution in [3.05, 3.63) is 75.2 Å². The molecule has 0 aliphatic rings. The largest absolute Gasteiger partial charge is 0.346 e. The number of aryl methyl sites for hydroxylation is 1. The lowest BCUT2D eigenvalue weighted by atomic mass is 9.79. The summed E-state index contributed by atoms with van der Waals surface area (Å²) in [4.78, 5) is 28.1. The van der Waals surface area contributed by atoms with Crippen LogP contribution in [0.15, 0.2) is 53.3 Å². The van der Waals surface area contributed by atoms with Crippen LogP contribution in [0.25, 0.3) is 11.4 Å². The van der Waals surface area contributed by atoms with E-state index in [9.17, 15) is 9.59 Å². The zero-order valence-corrected chi connectivity index (χ0v) is 20.2. The van der Waals surface area contributed by atoms with Crippen LogP contribution in [0.3, 0.4) is 0 Å². The second-order valence-corrected chi connectivity index (χ2v) is 9.63. The van der Waals surface area contributed by atoms with Crippen LogP contribution in [0.1, 0.15) is 31.4 Å². The first kappa shape index (κ1) is 24.0. The third kappa shape index (κ3) is 5.75. The highest BCUT2D eigenvalue weighted by Crippen LogP contribution is 2.28. The van der Waals surface area contributed by atoms with Crippen LogP contribution in [0.5, 0.6) is 0 Å². The van der Waals surface area contributed by atoms with Gasteiger partial charge in [0.2, 0.25) is 0 Å². The van der Waals surface area contributed by atoms with Gasteiger partial charge >= 0.3 is 5.69 Å². The lowest BCUT2D eigenvalue weighted by Gasteiger charge is -2.24. The van der Waals surface area contributed by atoms with Crippen molar-refractivity contribution in [2.24, 2.45) is 0 Å². The normalized spacial score (nSPS) is 11.8. The molecule has 3 aromatic rings. The molecule has 0 fully saturated rings. The molecule has 0 bridgehead atoms. The van der Waals surface area contributed by atoms with Crippen molar-refractivity contribution in [3.8, 4) is 11.4 Å². The first-order valence-electron chi connectivity index (χ1n) is 10.7. The standard InChI is InChI=1S/C25H31ClN4O2/c1-18-7-6-8-20(15-18)25(2,3)16-22(31)17-30-24(32)29(14-13-28(4)5)23(27-30)19-9-11-21(26)12-10-19/h6-12,15H,13-14,16-17H2,1-5H3. The molecular formula is C25H31ClN4O2. The number of carbonyl (C=O) groups is 1. The van der Waals surface area contributed by atoms with Crippen LogP contribution in [0.2, 0.25) is 5.02 Å². The van der Waals surface area contributed by atoms with Crippen molar-refractivity contribution < 1.29 is 4.79 Å². The van der Waals surface area contributed by atoms with Gasteiger partial charge in [-0.05, 0) is 56.3 Å². The van der Waals surface area contributed by atoms with Gasteiger partial charge in [-0.3, -0.25) is 9.36 Å². The third-order valence-corrected chi connectivity index (χ3v) is 5.81. The van der Waals surface area contributed by atoms with E-state index in [1.165, 1.54) is 4.68 Å². The molecule has 0 saturated carbocycles. The topological polar surface area (TPSA) is 60.1 Å². The molecule has 3 rings (SSSR count). The second kappa shape index (κ2) is 9.84. The number of ketones is 1. The van der Waals surface area contributed by atoms with Crippen molar-refractivity contribution in [2.75, 3.05) is 20.6 Å². The SMILES string of the molecule is Cc1cccc(C(C)(C)CC(=O)Cn2nc(-c3ccc(Cl)cc3)n(CCN(C)C)c2=O)c1. The molecule has 0 saturated heterocycles. The quantitative estimate of drug-likeness (QED) is 0.486. The van der Waals surface area contributed by atoms with Gasteiger partial charge in [0, 0.05) is 30.1 Å². The summed E-state index contributed by atoms with van der Waals surface area (Å²) in [7, 11) is 3.91. The molecule has 0 spiro atoms. The van der Waals surface area contributed by atoms with Crippen LogP contribution in [0.4, 0.5) is 0 Å². The number of carbonyl (C=O) groups excluding carboxylic acids is 1. The Kier molecular flexibility index (Phi) is 7.36. The van der Waals surface area contributed by atoms with E-state index < -0.39 is 0 Å². The minimum Gasteiger partial charge on any atom is -0.308 e. The molecule has 0 amide bonds. The number of benzene rings is 2. The summed E-state index contributed by atoms with van der Waals surface area (Å²) >= 11 is 6.02. The molecule has 0 N–H and O–H groups in total. The Balaban J connectivity index is 1.87. The lowest BCUT2D eigenvalue weighted by Crippen LogP contribution is -2.32. The molecule has 32 heavy (non-hydrogen) atoms. The van der Waals surface area contributed by atoms with Gasteiger partial charge in [-0.15, -0.1) is 5.10 Å². The maximum Gasteiger partial charge on any atom is 0.346 e. The van der Waals surface area contributed by atoms with E-state index in [2.05, 4.69) is 25.0 Å². The van der Waals surface area contributed by atoms with Crippen LogP contribution in [-0.2, 0) is 23.3 Å². The summed E-state index contributed by atoms with van der Waals surface area (Å²) in [5, 5.41) is 5.14. The van der Waals surface area contributed by atoms with E-state index in [1.54, 1.807) is 16.7 Å². The summed E-state index contributed by atoms with van der Waals surface area (Å²) in [5.41, 5.74) is 2.44. The van der Waals surface area contributed by atoms with Gasteiger partial charge in [-0.1, -0.05) is 55.3 Å². The van der Waals surface area contributed by atoms with Crippen molar-refractivity contribution in [2.45, 2.75) is 45.7 Å². The maximum atomic E-state index is 13.1. The summed E-state index contributed by atoms with van der Waals surface area (Å²) in [6, 6.07) is 15.4. The van der Waals surface area contributed by atoms with E-state index >= 15 is 0 Å². The van der Waals surface area contributed by atoms with Gasteiger partial charge in [0.05, 0.1) is 0 Å². The van der Waals surface area contributed by atoms with Crippen molar-refractivity contribution in [1.82, 2.24) is 19.2 Å². The van der Waals surface area contributed by atoms with Gasteiger partial charge in [-0.2, -0.15) is 0 Å². The molecular weight excluding hydrogens is 424 g/mol. The van der Waals surface area contributed by atoms with E-state index in [-0.39, 0.29) is 23.4 Å². The van der Waals surface area contributed by atoms with Gasteiger partial charge in [0.15, 0.2) is 11.6 Å². The van der Waals surface area contributed by atoms with E-state index in [0.29, 0.717) is 30.4 Å². The van der Waals surface area contributed by atoms with Gasteiger partial charge in [0.1, 0.15) is 6.54 Å². The second-order valence-electron chi connectivity index (χ2n) is 9.19. The van der Waals surface area contributed by atoms with Crippen molar-refractivity contribution in [3.63, 3.8) is 0 Å². The molecule has 0 unspecified atom stereocenters. The Morgan fingerprint density at radius 3 is 2.44 bits per heavy atom. The zero-order chi connectivity index (χ0) is 23.5. The molecule has 0 aliphatic heterocycles. The maximum absolute atomic E-state index is 13.1. The van der Waals surface area contributed by atoms with Crippen LogP contribution < -0.4 is 5.69 Å². The highest BCUT2D eigenvalue weighted by Gasteiger charge is 2.26. The van der Waals surface area contributed by atoms with E-state index in [4.69, 9.17) is 11.6 Å². The number of aromatic nitrogens is 3. The minimum atomic E-state index is -0.334.